The van der Waals surface area contributed by atoms with Crippen molar-refractivity contribution in [3.63, 3.8) is 0 Å². The number of halogens is 2. The maximum atomic E-state index is 5.94. The second-order valence-electron chi connectivity index (χ2n) is 3.32. The highest BCUT2D eigenvalue weighted by molar-refractivity contribution is 6.32. The van der Waals surface area contributed by atoms with Crippen LogP contribution in [0.25, 0.3) is 0 Å². The number of hydrogen-bond acceptors (Lipinski definition) is 2. The molecule has 15 heavy (non-hydrogen) atoms. The van der Waals surface area contributed by atoms with Crippen molar-refractivity contribution in [3.8, 4) is 0 Å². The minimum atomic E-state index is 0.434. The summed E-state index contributed by atoms with van der Waals surface area (Å²) in [5.74, 6) is 0. The average Bonchev–Trinajstić information content (AvgIpc) is 2.23. The van der Waals surface area contributed by atoms with Gasteiger partial charge in [0.1, 0.15) is 5.15 Å². The molecule has 0 saturated carbocycles. The van der Waals surface area contributed by atoms with Crippen molar-refractivity contribution in [2.24, 2.45) is 0 Å². The molecule has 0 unspecified atom stereocenters. The third kappa shape index (κ3) is 4.83. The summed E-state index contributed by atoms with van der Waals surface area (Å²) < 4.78 is 5.45. The van der Waals surface area contributed by atoms with Gasteiger partial charge in [0, 0.05) is 6.61 Å². The lowest BCUT2D eigenvalue weighted by Crippen LogP contribution is -1.98. The largest absolute Gasteiger partial charge is 0.375 e. The molecule has 2 nitrogen and oxygen atoms in total. The van der Waals surface area contributed by atoms with Gasteiger partial charge < -0.3 is 4.74 Å². The summed E-state index contributed by atoms with van der Waals surface area (Å²) in [6.45, 7) is 3.34. The van der Waals surface area contributed by atoms with Gasteiger partial charge in [0.2, 0.25) is 0 Å². The van der Waals surface area contributed by atoms with Gasteiger partial charge >= 0.3 is 0 Å². The molecule has 1 heterocycles. The molecule has 0 atom stereocenters. The van der Waals surface area contributed by atoms with Crippen molar-refractivity contribution in [1.29, 1.82) is 0 Å². The third-order valence-electron chi connectivity index (χ3n) is 2.02. The van der Waals surface area contributed by atoms with Crippen molar-refractivity contribution >= 4 is 23.2 Å². The predicted molar refractivity (Wildman–Crippen MR) is 63.4 cm³/mol. The summed E-state index contributed by atoms with van der Waals surface area (Å²) in [6.07, 6.45) is 3.46. The molecule has 0 aromatic carbocycles. The Morgan fingerprint density at radius 2 is 2.07 bits per heavy atom. The summed E-state index contributed by atoms with van der Waals surface area (Å²) in [4.78, 5) is 4.10. The Morgan fingerprint density at radius 1 is 1.27 bits per heavy atom. The summed E-state index contributed by atoms with van der Waals surface area (Å²) in [5, 5.41) is 1.06. The van der Waals surface area contributed by atoms with Crippen LogP contribution in [-0.4, -0.2) is 11.6 Å². The van der Waals surface area contributed by atoms with Crippen LogP contribution in [0, 0.1) is 0 Å². The highest BCUT2D eigenvalue weighted by Gasteiger charge is 2.02. The second-order valence-corrected chi connectivity index (χ2v) is 4.12. The van der Waals surface area contributed by atoms with E-state index < -0.39 is 0 Å². The van der Waals surface area contributed by atoms with Gasteiger partial charge in [-0.15, -0.1) is 0 Å². The lowest BCUT2D eigenvalue weighted by molar-refractivity contribution is 0.114. The topological polar surface area (TPSA) is 22.1 Å². The van der Waals surface area contributed by atoms with E-state index in [4.69, 9.17) is 27.9 Å². The normalized spacial score (nSPS) is 10.6. The molecular weight excluding hydrogens is 233 g/mol. The quantitative estimate of drug-likeness (QED) is 0.558. The van der Waals surface area contributed by atoms with Crippen molar-refractivity contribution in [1.82, 2.24) is 4.98 Å². The standard InChI is InChI=1S/C11H15Cl2NO/c1-2-3-4-7-15-8-10-9(12)5-6-11(13)14-10/h5-6H,2-4,7-8H2,1H3. The molecule has 0 aliphatic carbocycles. The van der Waals surface area contributed by atoms with Gasteiger partial charge in [-0.05, 0) is 18.6 Å². The summed E-state index contributed by atoms with van der Waals surface area (Å²) in [6, 6.07) is 3.41. The maximum absolute atomic E-state index is 5.94. The van der Waals surface area contributed by atoms with Crippen LogP contribution in [0.2, 0.25) is 10.2 Å². The highest BCUT2D eigenvalue weighted by atomic mass is 35.5. The third-order valence-corrected chi connectivity index (χ3v) is 2.57. The molecule has 0 aliphatic heterocycles. The highest BCUT2D eigenvalue weighted by Crippen LogP contribution is 2.17. The van der Waals surface area contributed by atoms with E-state index >= 15 is 0 Å². The number of aromatic nitrogens is 1. The van der Waals surface area contributed by atoms with Crippen LogP contribution in [0.5, 0.6) is 0 Å². The minimum Gasteiger partial charge on any atom is -0.375 e. The number of pyridine rings is 1. The van der Waals surface area contributed by atoms with Crippen LogP contribution in [0.3, 0.4) is 0 Å². The van der Waals surface area contributed by atoms with Crippen LogP contribution < -0.4 is 0 Å². The molecule has 1 aromatic rings. The first-order valence-corrected chi connectivity index (χ1v) is 5.88. The number of nitrogens with zero attached hydrogens (tertiary/aromatic N) is 1. The fourth-order valence-corrected chi connectivity index (χ4v) is 1.51. The van der Waals surface area contributed by atoms with E-state index in [-0.39, 0.29) is 0 Å². The zero-order chi connectivity index (χ0) is 11.1. The van der Waals surface area contributed by atoms with E-state index in [2.05, 4.69) is 11.9 Å². The lowest BCUT2D eigenvalue weighted by Gasteiger charge is -2.05. The number of hydrogen-bond donors (Lipinski definition) is 0. The Labute approximate surface area is 101 Å². The van der Waals surface area contributed by atoms with Gasteiger partial charge in [0.05, 0.1) is 17.3 Å². The molecule has 0 aliphatic rings. The fourth-order valence-electron chi connectivity index (χ4n) is 1.18. The number of rotatable bonds is 6. The Hall–Kier alpha value is -0.310. The molecule has 0 fully saturated rings. The molecule has 1 rings (SSSR count). The van der Waals surface area contributed by atoms with Gasteiger partial charge in [-0.1, -0.05) is 43.0 Å². The molecule has 84 valence electrons. The van der Waals surface area contributed by atoms with Crippen molar-refractivity contribution in [2.45, 2.75) is 32.8 Å². The predicted octanol–water partition coefficient (Wildman–Crippen LogP) is 4.10. The average molecular weight is 248 g/mol. The first-order valence-electron chi connectivity index (χ1n) is 5.12. The van der Waals surface area contributed by atoms with E-state index in [1.54, 1.807) is 12.1 Å². The molecule has 0 saturated heterocycles. The molecule has 4 heteroatoms. The molecule has 0 N–H and O–H groups in total. The van der Waals surface area contributed by atoms with Gasteiger partial charge in [0.25, 0.3) is 0 Å². The molecule has 0 amide bonds. The van der Waals surface area contributed by atoms with Crippen LogP contribution in [0.15, 0.2) is 12.1 Å². The Kier molecular flexibility index (Phi) is 5.99. The van der Waals surface area contributed by atoms with Crippen molar-refractivity contribution < 1.29 is 4.74 Å². The van der Waals surface area contributed by atoms with E-state index in [0.717, 1.165) is 13.0 Å². The Balaban J connectivity index is 2.33. The number of unbranched alkanes of at least 4 members (excludes halogenated alkanes) is 2. The minimum absolute atomic E-state index is 0.434. The summed E-state index contributed by atoms with van der Waals surface area (Å²) in [7, 11) is 0. The summed E-state index contributed by atoms with van der Waals surface area (Å²) >= 11 is 11.7. The molecule has 0 spiro atoms. The van der Waals surface area contributed by atoms with Gasteiger partial charge in [-0.3, -0.25) is 0 Å². The maximum Gasteiger partial charge on any atom is 0.129 e. The smallest absolute Gasteiger partial charge is 0.129 e. The molecular formula is C11H15Cl2NO. The molecule has 1 aromatic heterocycles. The zero-order valence-corrected chi connectivity index (χ0v) is 10.3. The van der Waals surface area contributed by atoms with E-state index in [0.29, 0.717) is 22.5 Å². The SMILES string of the molecule is CCCCCOCc1nc(Cl)ccc1Cl. The van der Waals surface area contributed by atoms with Gasteiger partial charge in [-0.25, -0.2) is 4.98 Å². The lowest BCUT2D eigenvalue weighted by atomic mass is 10.3. The van der Waals surface area contributed by atoms with Crippen molar-refractivity contribution in [3.05, 3.63) is 28.0 Å². The Morgan fingerprint density at radius 3 is 2.80 bits per heavy atom. The van der Waals surface area contributed by atoms with Gasteiger partial charge in [-0.2, -0.15) is 0 Å². The Bertz CT molecular complexity index is 305. The first kappa shape index (κ1) is 12.8. The first-order chi connectivity index (χ1) is 7.24. The second kappa shape index (κ2) is 7.04. The monoisotopic (exact) mass is 247 g/mol. The summed E-state index contributed by atoms with van der Waals surface area (Å²) in [5.41, 5.74) is 0.709. The van der Waals surface area contributed by atoms with E-state index in [1.165, 1.54) is 12.8 Å². The zero-order valence-electron chi connectivity index (χ0n) is 8.80. The van der Waals surface area contributed by atoms with E-state index in [1.807, 2.05) is 0 Å². The van der Waals surface area contributed by atoms with Gasteiger partial charge in [0.15, 0.2) is 0 Å². The van der Waals surface area contributed by atoms with Crippen LogP contribution in [0.1, 0.15) is 31.9 Å². The van der Waals surface area contributed by atoms with E-state index in [9.17, 15) is 0 Å². The molecule has 0 radical (unpaired) electrons. The molecule has 0 bridgehead atoms. The fraction of sp³-hybridized carbons (Fsp3) is 0.545. The van der Waals surface area contributed by atoms with Crippen LogP contribution >= 0.6 is 23.2 Å². The van der Waals surface area contributed by atoms with Crippen LogP contribution in [0.4, 0.5) is 0 Å². The van der Waals surface area contributed by atoms with Crippen LogP contribution in [-0.2, 0) is 11.3 Å². The van der Waals surface area contributed by atoms with Crippen molar-refractivity contribution in [2.75, 3.05) is 6.61 Å². The number of ether oxygens (including phenoxy) is 1.